The summed E-state index contributed by atoms with van der Waals surface area (Å²) in [7, 11) is 1.96. The van der Waals surface area contributed by atoms with Crippen LogP contribution in [0.2, 0.25) is 0 Å². The van der Waals surface area contributed by atoms with Crippen molar-refractivity contribution < 1.29 is 0 Å². The van der Waals surface area contributed by atoms with Gasteiger partial charge in [0, 0.05) is 19.1 Å². The largest absolute Gasteiger partial charge is 0.276 e. The van der Waals surface area contributed by atoms with Crippen LogP contribution in [0.15, 0.2) is 12.3 Å². The van der Waals surface area contributed by atoms with Crippen molar-refractivity contribution in [2.45, 2.75) is 25.7 Å². The molecule has 1 aromatic heterocycles. The second-order valence-corrected chi connectivity index (χ2v) is 4.41. The summed E-state index contributed by atoms with van der Waals surface area (Å²) < 4.78 is 1.86. The smallest absolute Gasteiger partial charge is 0.0630 e. The van der Waals surface area contributed by atoms with Crippen LogP contribution in [0.25, 0.3) is 0 Å². The Morgan fingerprint density at radius 1 is 1.62 bits per heavy atom. The van der Waals surface area contributed by atoms with Gasteiger partial charge in [0.05, 0.1) is 5.69 Å². The Balaban J connectivity index is 2.04. The number of hydrogen-bond acceptors (Lipinski definition) is 1. The molecule has 3 heteroatoms. The van der Waals surface area contributed by atoms with Gasteiger partial charge in [-0.1, -0.05) is 6.42 Å². The number of rotatable bonds is 3. The van der Waals surface area contributed by atoms with E-state index in [-0.39, 0.29) is 0 Å². The van der Waals surface area contributed by atoms with Gasteiger partial charge in [-0.15, -0.1) is 11.6 Å². The zero-order valence-electron chi connectivity index (χ0n) is 7.96. The van der Waals surface area contributed by atoms with E-state index < -0.39 is 0 Å². The molecule has 0 atom stereocenters. The summed E-state index contributed by atoms with van der Waals surface area (Å²) in [5.74, 6) is 0.781. The van der Waals surface area contributed by atoms with Crippen molar-refractivity contribution in [3.63, 3.8) is 0 Å². The molecule has 1 fully saturated rings. The van der Waals surface area contributed by atoms with Crippen molar-refractivity contribution >= 4 is 11.6 Å². The highest BCUT2D eigenvalue weighted by atomic mass is 35.5. The van der Waals surface area contributed by atoms with Gasteiger partial charge in [-0.05, 0) is 30.7 Å². The number of nitrogens with zero attached hydrogens (tertiary/aromatic N) is 2. The topological polar surface area (TPSA) is 17.8 Å². The highest BCUT2D eigenvalue weighted by Gasteiger charge is 2.36. The van der Waals surface area contributed by atoms with E-state index in [4.69, 9.17) is 11.6 Å². The van der Waals surface area contributed by atoms with Gasteiger partial charge < -0.3 is 0 Å². The molecule has 0 bridgehead atoms. The molecule has 1 aromatic rings. The standard InChI is InChI=1S/C10H15ClN2/c1-13-6-3-9(12-13)7-10(8-11)4-2-5-10/h3,6H,2,4-5,7-8H2,1H3. The lowest BCUT2D eigenvalue weighted by Gasteiger charge is -2.39. The normalized spacial score (nSPS) is 19.8. The molecule has 0 aromatic carbocycles. The summed E-state index contributed by atoms with van der Waals surface area (Å²) >= 11 is 5.98. The summed E-state index contributed by atoms with van der Waals surface area (Å²) in [6, 6.07) is 2.09. The Labute approximate surface area is 83.9 Å². The minimum Gasteiger partial charge on any atom is -0.276 e. The monoisotopic (exact) mass is 198 g/mol. The SMILES string of the molecule is Cn1ccc(CC2(CCl)CCC2)n1. The molecular formula is C10H15ClN2. The summed E-state index contributed by atoms with van der Waals surface area (Å²) in [5, 5.41) is 4.38. The van der Waals surface area contributed by atoms with Crippen LogP contribution in [0.3, 0.4) is 0 Å². The van der Waals surface area contributed by atoms with E-state index in [1.165, 1.54) is 25.0 Å². The zero-order valence-corrected chi connectivity index (χ0v) is 8.72. The highest BCUT2D eigenvalue weighted by molar-refractivity contribution is 6.18. The molecule has 72 valence electrons. The van der Waals surface area contributed by atoms with Crippen LogP contribution in [0, 0.1) is 5.41 Å². The first-order chi connectivity index (χ1) is 6.24. The fourth-order valence-electron chi connectivity index (χ4n) is 1.98. The van der Waals surface area contributed by atoms with Crippen LogP contribution in [0.4, 0.5) is 0 Å². The number of halogens is 1. The van der Waals surface area contributed by atoms with Crippen LogP contribution >= 0.6 is 11.6 Å². The molecular weight excluding hydrogens is 184 g/mol. The Hall–Kier alpha value is -0.500. The predicted octanol–water partition coefficient (Wildman–Crippen LogP) is 2.37. The maximum absolute atomic E-state index is 5.98. The minimum atomic E-state index is 0.371. The first-order valence-electron chi connectivity index (χ1n) is 4.79. The molecule has 0 aliphatic heterocycles. The average Bonchev–Trinajstić information content (AvgIpc) is 2.44. The Kier molecular flexibility index (Phi) is 2.33. The lowest BCUT2D eigenvalue weighted by atomic mass is 9.67. The number of alkyl halides is 1. The molecule has 1 aliphatic rings. The van der Waals surface area contributed by atoms with Crippen molar-refractivity contribution in [2.75, 3.05) is 5.88 Å². The van der Waals surface area contributed by atoms with Crippen LogP contribution in [0.5, 0.6) is 0 Å². The zero-order chi connectivity index (χ0) is 9.31. The highest BCUT2D eigenvalue weighted by Crippen LogP contribution is 2.44. The molecule has 0 amide bonds. The third kappa shape index (κ3) is 1.73. The molecule has 13 heavy (non-hydrogen) atoms. The summed E-state index contributed by atoms with van der Waals surface area (Å²) in [6.07, 6.45) is 6.92. The molecule has 0 spiro atoms. The van der Waals surface area contributed by atoms with E-state index >= 15 is 0 Å². The molecule has 0 radical (unpaired) electrons. The predicted molar refractivity (Wildman–Crippen MR) is 53.9 cm³/mol. The molecule has 2 rings (SSSR count). The average molecular weight is 199 g/mol. The maximum Gasteiger partial charge on any atom is 0.0630 e. The van der Waals surface area contributed by atoms with Crippen molar-refractivity contribution in [3.05, 3.63) is 18.0 Å². The number of aryl methyl sites for hydroxylation is 1. The Bertz CT molecular complexity index is 283. The van der Waals surface area contributed by atoms with Gasteiger partial charge in [-0.3, -0.25) is 4.68 Å². The summed E-state index contributed by atoms with van der Waals surface area (Å²) in [5.41, 5.74) is 1.55. The van der Waals surface area contributed by atoms with E-state index in [2.05, 4.69) is 11.2 Å². The fraction of sp³-hybridized carbons (Fsp3) is 0.700. The van der Waals surface area contributed by atoms with Gasteiger partial charge in [-0.2, -0.15) is 5.10 Å². The fourth-order valence-corrected chi connectivity index (χ4v) is 2.34. The molecule has 1 aliphatic carbocycles. The molecule has 0 unspecified atom stereocenters. The lowest BCUT2D eigenvalue weighted by Crippen LogP contribution is -2.33. The van der Waals surface area contributed by atoms with Gasteiger partial charge in [0.2, 0.25) is 0 Å². The van der Waals surface area contributed by atoms with Gasteiger partial charge in [-0.25, -0.2) is 0 Å². The van der Waals surface area contributed by atoms with Crippen molar-refractivity contribution in [2.24, 2.45) is 12.5 Å². The second-order valence-electron chi connectivity index (χ2n) is 4.14. The Morgan fingerprint density at radius 2 is 2.38 bits per heavy atom. The van der Waals surface area contributed by atoms with Gasteiger partial charge in [0.1, 0.15) is 0 Å². The number of hydrogen-bond donors (Lipinski definition) is 0. The summed E-state index contributed by atoms with van der Waals surface area (Å²) in [6.45, 7) is 0. The van der Waals surface area contributed by atoms with E-state index in [1.54, 1.807) is 0 Å². The second kappa shape index (κ2) is 3.33. The molecule has 2 nitrogen and oxygen atoms in total. The molecule has 0 N–H and O–H groups in total. The van der Waals surface area contributed by atoms with Gasteiger partial charge in [0.15, 0.2) is 0 Å². The Morgan fingerprint density at radius 3 is 2.77 bits per heavy atom. The van der Waals surface area contributed by atoms with E-state index in [0.717, 1.165) is 12.3 Å². The third-order valence-corrected chi connectivity index (χ3v) is 3.59. The van der Waals surface area contributed by atoms with Crippen LogP contribution in [-0.2, 0) is 13.5 Å². The molecule has 1 heterocycles. The summed E-state index contributed by atoms with van der Waals surface area (Å²) in [4.78, 5) is 0. The van der Waals surface area contributed by atoms with E-state index in [0.29, 0.717) is 5.41 Å². The first kappa shape index (κ1) is 9.07. The van der Waals surface area contributed by atoms with Crippen LogP contribution in [0.1, 0.15) is 25.0 Å². The van der Waals surface area contributed by atoms with Crippen molar-refractivity contribution in [1.82, 2.24) is 9.78 Å². The lowest BCUT2D eigenvalue weighted by molar-refractivity contribution is 0.164. The number of aromatic nitrogens is 2. The van der Waals surface area contributed by atoms with Crippen molar-refractivity contribution in [3.8, 4) is 0 Å². The molecule has 0 saturated heterocycles. The van der Waals surface area contributed by atoms with E-state index in [1.807, 2.05) is 17.9 Å². The van der Waals surface area contributed by atoms with Crippen molar-refractivity contribution in [1.29, 1.82) is 0 Å². The van der Waals surface area contributed by atoms with Crippen LogP contribution in [-0.4, -0.2) is 15.7 Å². The van der Waals surface area contributed by atoms with Gasteiger partial charge in [0.25, 0.3) is 0 Å². The maximum atomic E-state index is 5.98. The minimum absolute atomic E-state index is 0.371. The quantitative estimate of drug-likeness (QED) is 0.682. The van der Waals surface area contributed by atoms with Gasteiger partial charge >= 0.3 is 0 Å². The first-order valence-corrected chi connectivity index (χ1v) is 5.32. The molecule has 1 saturated carbocycles. The third-order valence-electron chi connectivity index (χ3n) is 3.02. The van der Waals surface area contributed by atoms with E-state index in [9.17, 15) is 0 Å². The van der Waals surface area contributed by atoms with Crippen LogP contribution < -0.4 is 0 Å².